The van der Waals surface area contributed by atoms with Crippen LogP contribution in [0.15, 0.2) is 36.4 Å². The lowest BCUT2D eigenvalue weighted by atomic mass is 10.1. The van der Waals surface area contributed by atoms with Crippen molar-refractivity contribution in [1.82, 2.24) is 5.32 Å². The highest BCUT2D eigenvalue weighted by molar-refractivity contribution is 5.55. The van der Waals surface area contributed by atoms with Crippen molar-refractivity contribution in [2.75, 3.05) is 20.8 Å². The summed E-state index contributed by atoms with van der Waals surface area (Å²) in [6, 6.07) is 8.14. The normalized spacial score (nSPS) is 11.3. The van der Waals surface area contributed by atoms with E-state index in [1.807, 2.05) is 0 Å². The van der Waals surface area contributed by atoms with Gasteiger partial charge in [-0.25, -0.2) is 0 Å². The molecule has 0 spiro atoms. The minimum absolute atomic E-state index is 0.0438. The minimum atomic E-state index is -4.41. The molecule has 9 heteroatoms. The predicted molar refractivity (Wildman–Crippen MR) is 93.1 cm³/mol. The van der Waals surface area contributed by atoms with Gasteiger partial charge in [0.25, 0.3) is 0 Å². The van der Waals surface area contributed by atoms with E-state index < -0.39 is 16.7 Å². The fourth-order valence-electron chi connectivity index (χ4n) is 2.68. The van der Waals surface area contributed by atoms with Crippen molar-refractivity contribution in [2.24, 2.45) is 0 Å². The van der Waals surface area contributed by atoms with Crippen LogP contribution < -0.4 is 14.8 Å². The number of hydrogen-bond acceptors (Lipinski definition) is 5. The van der Waals surface area contributed by atoms with Gasteiger partial charge in [0.15, 0.2) is 5.75 Å². The molecule has 146 valence electrons. The Balaban J connectivity index is 2.07. The van der Waals surface area contributed by atoms with Crippen molar-refractivity contribution < 1.29 is 27.6 Å². The van der Waals surface area contributed by atoms with Crippen molar-refractivity contribution in [3.05, 3.63) is 63.2 Å². The highest BCUT2D eigenvalue weighted by Gasteiger charge is 2.32. The first kappa shape index (κ1) is 20.5. The van der Waals surface area contributed by atoms with E-state index in [0.29, 0.717) is 24.3 Å². The van der Waals surface area contributed by atoms with Gasteiger partial charge in [0.05, 0.1) is 30.8 Å². The summed E-state index contributed by atoms with van der Waals surface area (Å²) in [4.78, 5) is 10.5. The summed E-state index contributed by atoms with van der Waals surface area (Å²) in [6.07, 6.45) is -4.01. The first-order valence-corrected chi connectivity index (χ1v) is 8.03. The molecular weight excluding hydrogens is 365 g/mol. The zero-order chi connectivity index (χ0) is 20.0. The molecule has 6 nitrogen and oxygen atoms in total. The zero-order valence-electron chi connectivity index (χ0n) is 14.8. The van der Waals surface area contributed by atoms with Crippen LogP contribution >= 0.6 is 0 Å². The van der Waals surface area contributed by atoms with Crippen LogP contribution in [0.5, 0.6) is 11.5 Å². The predicted octanol–water partition coefficient (Wildman–Crippen LogP) is 3.96. The highest BCUT2D eigenvalue weighted by Crippen LogP contribution is 2.35. The van der Waals surface area contributed by atoms with Crippen LogP contribution in [0.3, 0.4) is 0 Å². The third kappa shape index (κ3) is 5.10. The molecule has 0 atom stereocenters. The Morgan fingerprint density at radius 1 is 1.07 bits per heavy atom. The Labute approximate surface area is 154 Å². The fraction of sp³-hybridized carbons (Fsp3) is 0.333. The molecule has 0 saturated heterocycles. The van der Waals surface area contributed by atoms with E-state index in [2.05, 4.69) is 5.32 Å². The monoisotopic (exact) mass is 384 g/mol. The van der Waals surface area contributed by atoms with Crippen LogP contribution in [0.25, 0.3) is 0 Å². The van der Waals surface area contributed by atoms with Crippen LogP contribution in [-0.4, -0.2) is 25.7 Å². The Kier molecular flexibility index (Phi) is 6.62. The molecule has 0 heterocycles. The average molecular weight is 384 g/mol. The van der Waals surface area contributed by atoms with Crippen molar-refractivity contribution in [1.29, 1.82) is 0 Å². The van der Waals surface area contributed by atoms with Crippen LogP contribution in [-0.2, 0) is 19.1 Å². The summed E-state index contributed by atoms with van der Waals surface area (Å²) in [5.74, 6) is 0.415. The van der Waals surface area contributed by atoms with Gasteiger partial charge in [-0.05, 0) is 36.2 Å². The minimum Gasteiger partial charge on any atom is -0.496 e. The quantitative estimate of drug-likeness (QED) is 0.424. The number of ether oxygens (including phenoxy) is 2. The van der Waals surface area contributed by atoms with Crippen LogP contribution in [0, 0.1) is 10.1 Å². The van der Waals surface area contributed by atoms with Gasteiger partial charge < -0.3 is 14.8 Å². The van der Waals surface area contributed by atoms with Gasteiger partial charge in [-0.15, -0.1) is 0 Å². The van der Waals surface area contributed by atoms with Crippen molar-refractivity contribution in [3.8, 4) is 11.5 Å². The molecule has 0 radical (unpaired) electrons. The Bertz CT molecular complexity index is 810. The van der Waals surface area contributed by atoms with E-state index >= 15 is 0 Å². The maximum absolute atomic E-state index is 13.0. The number of alkyl halides is 3. The second-order valence-electron chi connectivity index (χ2n) is 5.67. The Morgan fingerprint density at radius 3 is 2.33 bits per heavy atom. The number of benzene rings is 2. The molecular formula is C18H19F3N2O4. The third-order valence-corrected chi connectivity index (χ3v) is 3.99. The molecule has 0 aliphatic carbocycles. The van der Waals surface area contributed by atoms with Gasteiger partial charge in [-0.3, -0.25) is 10.1 Å². The van der Waals surface area contributed by atoms with Crippen LogP contribution in [0.2, 0.25) is 0 Å². The maximum atomic E-state index is 13.0. The Hall–Kier alpha value is -2.81. The van der Waals surface area contributed by atoms with Crippen LogP contribution in [0.4, 0.5) is 18.9 Å². The molecule has 0 saturated carbocycles. The van der Waals surface area contributed by atoms with Gasteiger partial charge >= 0.3 is 11.9 Å². The summed E-state index contributed by atoms with van der Waals surface area (Å²) < 4.78 is 49.2. The number of nitro groups is 1. The number of halogens is 3. The smallest absolute Gasteiger partial charge is 0.416 e. The summed E-state index contributed by atoms with van der Waals surface area (Å²) in [5.41, 5.74) is -0.0907. The second-order valence-corrected chi connectivity index (χ2v) is 5.67. The average Bonchev–Trinajstić information content (AvgIpc) is 2.63. The van der Waals surface area contributed by atoms with Crippen molar-refractivity contribution >= 4 is 5.69 Å². The SMILES string of the molecule is COc1cc([N+](=O)[O-])c(OC)cc1CCNCc1ccccc1C(F)(F)F. The summed E-state index contributed by atoms with van der Waals surface area (Å²) >= 11 is 0. The van der Waals surface area contributed by atoms with E-state index in [1.54, 1.807) is 6.07 Å². The molecule has 2 aromatic rings. The largest absolute Gasteiger partial charge is 0.496 e. The molecule has 0 aromatic heterocycles. The van der Waals surface area contributed by atoms with Crippen molar-refractivity contribution in [3.63, 3.8) is 0 Å². The number of nitro benzene ring substituents is 1. The third-order valence-electron chi connectivity index (χ3n) is 3.99. The lowest BCUT2D eigenvalue weighted by Crippen LogP contribution is -2.20. The number of hydrogen-bond donors (Lipinski definition) is 1. The zero-order valence-corrected chi connectivity index (χ0v) is 14.8. The van der Waals surface area contributed by atoms with Gasteiger partial charge in [0, 0.05) is 6.54 Å². The summed E-state index contributed by atoms with van der Waals surface area (Å²) in [5, 5.41) is 14.0. The number of nitrogens with one attached hydrogen (secondary N) is 1. The first-order valence-electron chi connectivity index (χ1n) is 8.03. The number of methoxy groups -OCH3 is 2. The van der Waals surface area contributed by atoms with Gasteiger partial charge in [0.2, 0.25) is 0 Å². The number of nitrogens with zero attached hydrogens (tertiary/aromatic N) is 1. The van der Waals surface area contributed by atoms with E-state index in [-0.39, 0.29) is 23.5 Å². The maximum Gasteiger partial charge on any atom is 0.416 e. The van der Waals surface area contributed by atoms with E-state index in [4.69, 9.17) is 9.47 Å². The Morgan fingerprint density at radius 2 is 1.74 bits per heavy atom. The topological polar surface area (TPSA) is 73.6 Å². The molecule has 0 aliphatic heterocycles. The van der Waals surface area contributed by atoms with Gasteiger partial charge in [-0.2, -0.15) is 13.2 Å². The molecule has 0 bridgehead atoms. The van der Waals surface area contributed by atoms with Gasteiger partial charge in [-0.1, -0.05) is 18.2 Å². The molecule has 0 unspecified atom stereocenters. The highest BCUT2D eigenvalue weighted by atomic mass is 19.4. The van der Waals surface area contributed by atoms with Crippen LogP contribution in [0.1, 0.15) is 16.7 Å². The standard InChI is InChI=1S/C18H19F3N2O4/c1-26-16-10-15(23(24)25)17(27-2)9-12(16)7-8-22-11-13-5-3-4-6-14(13)18(19,20)21/h3-6,9-10,22H,7-8,11H2,1-2H3. The van der Waals surface area contributed by atoms with E-state index in [9.17, 15) is 23.3 Å². The lowest BCUT2D eigenvalue weighted by molar-refractivity contribution is -0.385. The molecule has 2 rings (SSSR count). The molecule has 1 N–H and O–H groups in total. The molecule has 0 amide bonds. The summed E-state index contributed by atoms with van der Waals surface area (Å²) in [6.45, 7) is 0.394. The fourth-order valence-corrected chi connectivity index (χ4v) is 2.68. The van der Waals surface area contributed by atoms with Gasteiger partial charge in [0.1, 0.15) is 5.75 Å². The molecule has 0 fully saturated rings. The van der Waals surface area contributed by atoms with E-state index in [1.165, 1.54) is 38.5 Å². The second kappa shape index (κ2) is 8.72. The molecule has 0 aliphatic rings. The van der Waals surface area contributed by atoms with Crippen molar-refractivity contribution in [2.45, 2.75) is 19.1 Å². The summed E-state index contributed by atoms with van der Waals surface area (Å²) in [7, 11) is 2.72. The first-order chi connectivity index (χ1) is 12.8. The van der Waals surface area contributed by atoms with E-state index in [0.717, 1.165) is 6.07 Å². The number of rotatable bonds is 8. The molecule has 2 aromatic carbocycles. The lowest BCUT2D eigenvalue weighted by Gasteiger charge is -2.14. The molecule has 27 heavy (non-hydrogen) atoms.